The molecular formula is C14H23N. The Kier molecular flexibility index (Phi) is 4.34. The van der Waals surface area contributed by atoms with Gasteiger partial charge in [-0.15, -0.1) is 0 Å². The first-order valence-electron chi connectivity index (χ1n) is 5.74. The summed E-state index contributed by atoms with van der Waals surface area (Å²) in [4.78, 5) is 0. The molecule has 0 unspecified atom stereocenters. The van der Waals surface area contributed by atoms with E-state index in [9.17, 15) is 0 Å². The second-order valence-electron chi connectivity index (χ2n) is 5.18. The summed E-state index contributed by atoms with van der Waals surface area (Å²) in [5, 5.41) is 3.22. The number of aryl methyl sites for hydroxylation is 1. The number of hydrogen-bond donors (Lipinski definition) is 1. The van der Waals surface area contributed by atoms with Crippen molar-refractivity contribution in [2.24, 2.45) is 5.41 Å². The molecule has 0 amide bonds. The average molecular weight is 205 g/mol. The zero-order chi connectivity index (χ0) is 11.3. The zero-order valence-electron chi connectivity index (χ0n) is 10.4. The van der Waals surface area contributed by atoms with E-state index in [-0.39, 0.29) is 0 Å². The second kappa shape index (κ2) is 5.32. The Hall–Kier alpha value is -0.820. The van der Waals surface area contributed by atoms with E-state index in [1.807, 2.05) is 7.05 Å². The van der Waals surface area contributed by atoms with Gasteiger partial charge in [0.2, 0.25) is 0 Å². The van der Waals surface area contributed by atoms with E-state index in [0.717, 1.165) is 13.0 Å². The van der Waals surface area contributed by atoms with Crippen molar-refractivity contribution in [2.75, 3.05) is 13.6 Å². The number of benzene rings is 1. The van der Waals surface area contributed by atoms with Crippen LogP contribution in [-0.2, 0) is 6.42 Å². The Balaban J connectivity index is 2.56. The molecule has 1 heteroatoms. The van der Waals surface area contributed by atoms with Gasteiger partial charge in [0.1, 0.15) is 0 Å². The van der Waals surface area contributed by atoms with Gasteiger partial charge in [-0.3, -0.25) is 0 Å². The molecule has 0 saturated carbocycles. The smallest absolute Gasteiger partial charge is 0.00467 e. The van der Waals surface area contributed by atoms with Crippen LogP contribution in [0.3, 0.4) is 0 Å². The molecular weight excluding hydrogens is 182 g/mol. The summed E-state index contributed by atoms with van der Waals surface area (Å²) in [6.45, 7) is 7.91. The molecule has 1 nitrogen and oxygen atoms in total. The van der Waals surface area contributed by atoms with Gasteiger partial charge in [-0.2, -0.15) is 0 Å². The Bertz CT molecular complexity index is 285. The zero-order valence-corrected chi connectivity index (χ0v) is 10.4. The third-order valence-corrected chi connectivity index (χ3v) is 2.86. The van der Waals surface area contributed by atoms with Crippen LogP contribution < -0.4 is 5.32 Å². The fraction of sp³-hybridized carbons (Fsp3) is 0.571. The van der Waals surface area contributed by atoms with Crippen molar-refractivity contribution in [3.8, 4) is 0 Å². The van der Waals surface area contributed by atoms with Crippen molar-refractivity contribution in [3.05, 3.63) is 35.4 Å². The van der Waals surface area contributed by atoms with Crippen LogP contribution in [0.15, 0.2) is 24.3 Å². The molecule has 0 fully saturated rings. The second-order valence-corrected chi connectivity index (χ2v) is 5.18. The minimum absolute atomic E-state index is 0.387. The molecule has 0 radical (unpaired) electrons. The summed E-state index contributed by atoms with van der Waals surface area (Å²) in [5.41, 5.74) is 3.17. The van der Waals surface area contributed by atoms with Crippen LogP contribution >= 0.6 is 0 Å². The van der Waals surface area contributed by atoms with Gasteiger partial charge in [0.25, 0.3) is 0 Å². The highest BCUT2D eigenvalue weighted by atomic mass is 14.8. The lowest BCUT2D eigenvalue weighted by Gasteiger charge is -2.24. The lowest BCUT2D eigenvalue weighted by molar-refractivity contribution is 0.329. The lowest BCUT2D eigenvalue weighted by Crippen LogP contribution is -2.21. The van der Waals surface area contributed by atoms with E-state index < -0.39 is 0 Å². The topological polar surface area (TPSA) is 12.0 Å². The maximum atomic E-state index is 3.22. The fourth-order valence-electron chi connectivity index (χ4n) is 1.81. The Morgan fingerprint density at radius 2 is 1.73 bits per heavy atom. The molecule has 0 spiro atoms. The van der Waals surface area contributed by atoms with Crippen LogP contribution in [0.4, 0.5) is 0 Å². The molecule has 0 atom stereocenters. The molecule has 1 aromatic rings. The molecule has 0 aliphatic carbocycles. The first-order valence-corrected chi connectivity index (χ1v) is 5.74. The van der Waals surface area contributed by atoms with Crippen molar-refractivity contribution < 1.29 is 0 Å². The normalized spacial score (nSPS) is 11.7. The van der Waals surface area contributed by atoms with E-state index in [0.29, 0.717) is 5.41 Å². The van der Waals surface area contributed by atoms with Crippen molar-refractivity contribution >= 4 is 0 Å². The van der Waals surface area contributed by atoms with E-state index >= 15 is 0 Å². The van der Waals surface area contributed by atoms with Crippen LogP contribution in [0.1, 0.15) is 31.4 Å². The molecule has 0 heterocycles. The van der Waals surface area contributed by atoms with Crippen molar-refractivity contribution in [3.63, 3.8) is 0 Å². The van der Waals surface area contributed by atoms with E-state index in [1.54, 1.807) is 0 Å². The number of hydrogen-bond acceptors (Lipinski definition) is 1. The molecule has 0 bridgehead atoms. The average Bonchev–Trinajstić information content (AvgIpc) is 2.18. The standard InChI is InChI=1S/C14H23N/c1-12-5-7-13(8-6-12)11-14(2,3)9-10-15-4/h5-8,15H,9-11H2,1-4H3. The van der Waals surface area contributed by atoms with Crippen LogP contribution in [0.2, 0.25) is 0 Å². The van der Waals surface area contributed by atoms with Crippen LogP contribution in [0.5, 0.6) is 0 Å². The lowest BCUT2D eigenvalue weighted by atomic mass is 9.82. The first kappa shape index (κ1) is 12.3. The molecule has 1 rings (SSSR count). The van der Waals surface area contributed by atoms with Gasteiger partial charge < -0.3 is 5.32 Å². The van der Waals surface area contributed by atoms with Crippen molar-refractivity contribution in [2.45, 2.75) is 33.6 Å². The molecule has 0 aromatic heterocycles. The van der Waals surface area contributed by atoms with Gasteiger partial charge in [0.05, 0.1) is 0 Å². The van der Waals surface area contributed by atoms with Crippen molar-refractivity contribution in [1.82, 2.24) is 5.32 Å². The highest BCUT2D eigenvalue weighted by Gasteiger charge is 2.17. The Labute approximate surface area is 93.9 Å². The summed E-state index contributed by atoms with van der Waals surface area (Å²) in [5.74, 6) is 0. The van der Waals surface area contributed by atoms with Gasteiger partial charge in [0, 0.05) is 0 Å². The van der Waals surface area contributed by atoms with E-state index in [1.165, 1.54) is 17.5 Å². The summed E-state index contributed by atoms with van der Waals surface area (Å²) < 4.78 is 0. The Morgan fingerprint density at radius 1 is 1.13 bits per heavy atom. The monoisotopic (exact) mass is 205 g/mol. The molecule has 0 aliphatic heterocycles. The maximum Gasteiger partial charge on any atom is -0.00467 e. The van der Waals surface area contributed by atoms with Crippen LogP contribution in [0, 0.1) is 12.3 Å². The minimum Gasteiger partial charge on any atom is -0.320 e. The molecule has 1 N–H and O–H groups in total. The third-order valence-electron chi connectivity index (χ3n) is 2.86. The van der Waals surface area contributed by atoms with Gasteiger partial charge in [0.15, 0.2) is 0 Å². The highest BCUT2D eigenvalue weighted by molar-refractivity contribution is 5.22. The molecule has 1 aromatic carbocycles. The largest absolute Gasteiger partial charge is 0.320 e. The molecule has 15 heavy (non-hydrogen) atoms. The molecule has 84 valence electrons. The quantitative estimate of drug-likeness (QED) is 0.778. The highest BCUT2D eigenvalue weighted by Crippen LogP contribution is 2.25. The maximum absolute atomic E-state index is 3.22. The van der Waals surface area contributed by atoms with E-state index in [2.05, 4.69) is 50.4 Å². The van der Waals surface area contributed by atoms with Gasteiger partial charge >= 0.3 is 0 Å². The van der Waals surface area contributed by atoms with Crippen molar-refractivity contribution in [1.29, 1.82) is 0 Å². The molecule has 0 saturated heterocycles. The van der Waals surface area contributed by atoms with Crippen LogP contribution in [-0.4, -0.2) is 13.6 Å². The van der Waals surface area contributed by atoms with Gasteiger partial charge in [-0.1, -0.05) is 43.7 Å². The number of rotatable bonds is 5. The Morgan fingerprint density at radius 3 is 2.27 bits per heavy atom. The summed E-state index contributed by atoms with van der Waals surface area (Å²) in [6, 6.07) is 8.89. The fourth-order valence-corrected chi connectivity index (χ4v) is 1.81. The first-order chi connectivity index (χ1) is 7.03. The molecule has 0 aliphatic rings. The minimum atomic E-state index is 0.387. The van der Waals surface area contributed by atoms with Gasteiger partial charge in [-0.25, -0.2) is 0 Å². The number of nitrogens with one attached hydrogen (secondary N) is 1. The predicted octanol–water partition coefficient (Wildman–Crippen LogP) is 3.17. The van der Waals surface area contributed by atoms with Gasteiger partial charge in [-0.05, 0) is 44.3 Å². The van der Waals surface area contributed by atoms with E-state index in [4.69, 9.17) is 0 Å². The summed E-state index contributed by atoms with van der Waals surface area (Å²) >= 11 is 0. The van der Waals surface area contributed by atoms with Crippen LogP contribution in [0.25, 0.3) is 0 Å². The summed E-state index contributed by atoms with van der Waals surface area (Å²) in [6.07, 6.45) is 2.38. The SMILES string of the molecule is CNCCC(C)(C)Cc1ccc(C)cc1. The third kappa shape index (κ3) is 4.48. The predicted molar refractivity (Wildman–Crippen MR) is 67.2 cm³/mol. The summed E-state index contributed by atoms with van der Waals surface area (Å²) in [7, 11) is 2.02.